The number of carbonyl (C=O) groups is 1. The number of hydrogen-bond donors (Lipinski definition) is 1. The van der Waals surface area contributed by atoms with E-state index < -0.39 is 0 Å². The molecule has 0 radical (unpaired) electrons. The van der Waals surface area contributed by atoms with Gasteiger partial charge in [-0.05, 0) is 31.9 Å². The van der Waals surface area contributed by atoms with Crippen LogP contribution >= 0.6 is 0 Å². The molecule has 1 aromatic rings. The van der Waals surface area contributed by atoms with Gasteiger partial charge in [0.25, 0.3) is 5.91 Å². The van der Waals surface area contributed by atoms with E-state index in [0.717, 1.165) is 39.0 Å². The van der Waals surface area contributed by atoms with Crippen LogP contribution in [0.1, 0.15) is 43.5 Å². The Morgan fingerprint density at radius 2 is 2.21 bits per heavy atom. The third-order valence-electron chi connectivity index (χ3n) is 4.81. The lowest BCUT2D eigenvalue weighted by Gasteiger charge is -2.33. The maximum atomic E-state index is 12.7. The van der Waals surface area contributed by atoms with Gasteiger partial charge < -0.3 is 14.8 Å². The number of carbonyl (C=O) groups excluding carboxylic acids is 1. The van der Waals surface area contributed by atoms with Crippen molar-refractivity contribution in [1.82, 2.24) is 10.2 Å². The summed E-state index contributed by atoms with van der Waals surface area (Å²) in [5.74, 6) is 0.636. The van der Waals surface area contributed by atoms with Crippen molar-refractivity contribution in [3.63, 3.8) is 0 Å². The third kappa shape index (κ3) is 4.08. The molecule has 0 aromatic heterocycles. The molecule has 3 atom stereocenters. The van der Waals surface area contributed by atoms with E-state index in [1.165, 1.54) is 0 Å². The van der Waals surface area contributed by atoms with Crippen molar-refractivity contribution in [3.8, 4) is 5.75 Å². The second-order valence-electron chi connectivity index (χ2n) is 6.86. The van der Waals surface area contributed by atoms with Gasteiger partial charge in [-0.2, -0.15) is 0 Å². The zero-order valence-electron chi connectivity index (χ0n) is 14.7. The van der Waals surface area contributed by atoms with Crippen LogP contribution in [-0.4, -0.2) is 55.3 Å². The first-order valence-corrected chi connectivity index (χ1v) is 9.05. The summed E-state index contributed by atoms with van der Waals surface area (Å²) in [5.41, 5.74) is 0.628. The van der Waals surface area contributed by atoms with Gasteiger partial charge >= 0.3 is 0 Å². The summed E-state index contributed by atoms with van der Waals surface area (Å²) in [4.78, 5) is 15.1. The number of ether oxygens (including phenoxy) is 2. The van der Waals surface area contributed by atoms with Gasteiger partial charge in [-0.15, -0.1) is 0 Å². The van der Waals surface area contributed by atoms with Crippen molar-refractivity contribution in [2.45, 2.75) is 51.3 Å². The minimum Gasteiger partial charge on any atom is -0.493 e. The molecule has 0 unspecified atom stereocenters. The van der Waals surface area contributed by atoms with Crippen LogP contribution in [0.4, 0.5) is 0 Å². The lowest BCUT2D eigenvalue weighted by molar-refractivity contribution is -0.0390. The molecule has 5 heteroatoms. The van der Waals surface area contributed by atoms with E-state index in [0.29, 0.717) is 24.0 Å². The number of fused-ring (bicyclic) bond motifs is 1. The smallest absolute Gasteiger partial charge is 0.255 e. The molecule has 2 aliphatic heterocycles. The molecule has 24 heavy (non-hydrogen) atoms. The molecule has 2 saturated heterocycles. The lowest BCUT2D eigenvalue weighted by Crippen LogP contribution is -2.45. The molecule has 2 fully saturated rings. The Kier molecular flexibility index (Phi) is 5.74. The fourth-order valence-electron chi connectivity index (χ4n) is 3.51. The molecule has 2 heterocycles. The van der Waals surface area contributed by atoms with Crippen LogP contribution in [0, 0.1) is 0 Å². The van der Waals surface area contributed by atoms with Gasteiger partial charge in [-0.1, -0.05) is 25.5 Å². The van der Waals surface area contributed by atoms with Crippen LogP contribution in [-0.2, 0) is 4.74 Å². The summed E-state index contributed by atoms with van der Waals surface area (Å²) in [7, 11) is 0. The van der Waals surface area contributed by atoms with Crippen molar-refractivity contribution in [3.05, 3.63) is 29.8 Å². The maximum Gasteiger partial charge on any atom is 0.255 e. The highest BCUT2D eigenvalue weighted by molar-refractivity contribution is 5.97. The van der Waals surface area contributed by atoms with E-state index in [4.69, 9.17) is 9.47 Å². The standard InChI is InChI=1S/C19H28N2O3/c1-3-4-9-23-18-8-6-5-7-17(18)19(22)20-15-10-16-13-24-14(2)11-21(16)12-15/h5-8,14-16H,3-4,9-13H2,1-2H3,(H,20,22)/t14-,15+,16-/m0/s1. The Labute approximate surface area is 144 Å². The fourth-order valence-corrected chi connectivity index (χ4v) is 3.51. The minimum atomic E-state index is -0.0408. The number of morpholine rings is 1. The molecule has 132 valence electrons. The van der Waals surface area contributed by atoms with Crippen LogP contribution in [0.25, 0.3) is 0 Å². The second kappa shape index (κ2) is 7.99. The van der Waals surface area contributed by atoms with E-state index in [2.05, 4.69) is 24.1 Å². The van der Waals surface area contributed by atoms with Gasteiger partial charge in [0.15, 0.2) is 0 Å². The number of rotatable bonds is 6. The summed E-state index contributed by atoms with van der Waals surface area (Å²) in [6.07, 6.45) is 3.31. The first kappa shape index (κ1) is 17.2. The number of hydrogen-bond acceptors (Lipinski definition) is 4. The highest BCUT2D eigenvalue weighted by Gasteiger charge is 2.36. The average Bonchev–Trinajstić information content (AvgIpc) is 2.96. The maximum absolute atomic E-state index is 12.7. The number of amides is 1. The molecule has 0 spiro atoms. The van der Waals surface area contributed by atoms with Crippen LogP contribution in [0.2, 0.25) is 0 Å². The number of para-hydroxylation sites is 1. The fraction of sp³-hybridized carbons (Fsp3) is 0.632. The molecule has 2 aliphatic rings. The normalized spacial score (nSPS) is 26.8. The Bertz CT molecular complexity index is 563. The van der Waals surface area contributed by atoms with Crippen LogP contribution < -0.4 is 10.1 Å². The van der Waals surface area contributed by atoms with E-state index >= 15 is 0 Å². The Morgan fingerprint density at radius 3 is 3.04 bits per heavy atom. The molecular weight excluding hydrogens is 304 g/mol. The monoisotopic (exact) mass is 332 g/mol. The minimum absolute atomic E-state index is 0.0408. The van der Waals surface area contributed by atoms with E-state index in [-0.39, 0.29) is 18.1 Å². The van der Waals surface area contributed by atoms with Gasteiger partial charge in [-0.3, -0.25) is 9.69 Å². The van der Waals surface area contributed by atoms with Crippen LogP contribution in [0.15, 0.2) is 24.3 Å². The van der Waals surface area contributed by atoms with Gasteiger partial charge in [0, 0.05) is 25.2 Å². The van der Waals surface area contributed by atoms with Gasteiger partial charge in [0.1, 0.15) is 5.75 Å². The zero-order valence-corrected chi connectivity index (χ0v) is 14.7. The summed E-state index contributed by atoms with van der Waals surface area (Å²) in [6.45, 7) is 7.50. The predicted octanol–water partition coefficient (Wildman–Crippen LogP) is 2.46. The van der Waals surface area contributed by atoms with Crippen molar-refractivity contribution in [1.29, 1.82) is 0 Å². The molecular formula is C19H28N2O3. The van der Waals surface area contributed by atoms with Gasteiger partial charge in [-0.25, -0.2) is 0 Å². The lowest BCUT2D eigenvalue weighted by atomic mass is 10.1. The van der Waals surface area contributed by atoms with Crippen LogP contribution in [0.3, 0.4) is 0 Å². The first-order chi connectivity index (χ1) is 11.7. The highest BCUT2D eigenvalue weighted by atomic mass is 16.5. The number of nitrogens with one attached hydrogen (secondary N) is 1. The second-order valence-corrected chi connectivity index (χ2v) is 6.86. The third-order valence-corrected chi connectivity index (χ3v) is 4.81. The zero-order chi connectivity index (χ0) is 16.9. The SMILES string of the molecule is CCCCOc1ccccc1C(=O)N[C@@H]1C[C@H]2CO[C@@H](C)CN2C1. The molecule has 0 saturated carbocycles. The van der Waals surface area contributed by atoms with Crippen molar-refractivity contribution < 1.29 is 14.3 Å². The van der Waals surface area contributed by atoms with Gasteiger partial charge in [0.2, 0.25) is 0 Å². The number of unbranched alkanes of at least 4 members (excludes halogenated alkanes) is 1. The largest absolute Gasteiger partial charge is 0.493 e. The quantitative estimate of drug-likeness (QED) is 0.813. The van der Waals surface area contributed by atoms with Gasteiger partial charge in [0.05, 0.1) is 24.9 Å². The van der Waals surface area contributed by atoms with Crippen molar-refractivity contribution in [2.24, 2.45) is 0 Å². The summed E-state index contributed by atoms with van der Waals surface area (Å²) < 4.78 is 11.5. The van der Waals surface area contributed by atoms with Crippen molar-refractivity contribution in [2.75, 3.05) is 26.3 Å². The number of nitrogens with zero attached hydrogens (tertiary/aromatic N) is 1. The molecule has 5 nitrogen and oxygen atoms in total. The Balaban J connectivity index is 1.59. The average molecular weight is 332 g/mol. The summed E-state index contributed by atoms with van der Waals surface area (Å²) in [6, 6.07) is 8.12. The van der Waals surface area contributed by atoms with E-state index in [1.54, 1.807) is 0 Å². The summed E-state index contributed by atoms with van der Waals surface area (Å²) in [5, 5.41) is 3.18. The van der Waals surface area contributed by atoms with E-state index in [9.17, 15) is 4.79 Å². The molecule has 0 bridgehead atoms. The predicted molar refractivity (Wildman–Crippen MR) is 93.5 cm³/mol. The van der Waals surface area contributed by atoms with Crippen LogP contribution in [0.5, 0.6) is 5.75 Å². The van der Waals surface area contributed by atoms with E-state index in [1.807, 2.05) is 24.3 Å². The molecule has 1 N–H and O–H groups in total. The summed E-state index contributed by atoms with van der Waals surface area (Å²) >= 11 is 0. The Hall–Kier alpha value is -1.59. The molecule has 0 aliphatic carbocycles. The highest BCUT2D eigenvalue weighted by Crippen LogP contribution is 2.24. The molecule has 1 amide bonds. The Morgan fingerprint density at radius 1 is 1.38 bits per heavy atom. The number of benzene rings is 1. The topological polar surface area (TPSA) is 50.8 Å². The molecule has 3 rings (SSSR count). The van der Waals surface area contributed by atoms with Crippen molar-refractivity contribution >= 4 is 5.91 Å². The first-order valence-electron chi connectivity index (χ1n) is 9.05. The molecule has 1 aromatic carbocycles.